The number of hydrogen-bond donors (Lipinski definition) is 0. The number of aromatic nitrogens is 2. The topological polar surface area (TPSA) is 17.8 Å². The maximum atomic E-state index is 5.19. The number of nitrogens with zero attached hydrogens (tertiary/aromatic N) is 2. The molecule has 0 unspecified atom stereocenters. The van der Waals surface area contributed by atoms with E-state index < -0.39 is 0 Å². The van der Waals surface area contributed by atoms with E-state index in [0.29, 0.717) is 0 Å². The highest BCUT2D eigenvalue weighted by Gasteiger charge is 2.27. The van der Waals surface area contributed by atoms with Crippen LogP contribution in [0.4, 0.5) is 0 Å². The van der Waals surface area contributed by atoms with Crippen molar-refractivity contribution < 1.29 is 0 Å². The van der Waals surface area contributed by atoms with Gasteiger partial charge in [0, 0.05) is 6.42 Å². The van der Waals surface area contributed by atoms with Crippen molar-refractivity contribution in [2.45, 2.75) is 13.3 Å². The average Bonchev–Trinajstić information content (AvgIpc) is 3.45. The largest absolute Gasteiger partial charge is 0.295 e. The van der Waals surface area contributed by atoms with Gasteiger partial charge in [-0.15, -0.1) is 21.9 Å². The lowest BCUT2D eigenvalue weighted by molar-refractivity contribution is 0.917. The summed E-state index contributed by atoms with van der Waals surface area (Å²) >= 11 is 0. The molecule has 1 aromatic heterocycles. The molecule has 7 aromatic rings. The molecule has 2 nitrogen and oxygen atoms in total. The number of aryl methyl sites for hydroxylation is 1. The number of fused-ring (bicyclic) bond motifs is 3. The third-order valence-electron chi connectivity index (χ3n) is 10.8. The van der Waals surface area contributed by atoms with E-state index in [1.807, 2.05) is 0 Å². The second kappa shape index (κ2) is 11.0. The van der Waals surface area contributed by atoms with Crippen LogP contribution in [0.1, 0.15) is 12.7 Å². The highest BCUT2D eigenvalue weighted by molar-refractivity contribution is 6.71. The Bertz CT molecular complexity index is 2260. The van der Waals surface area contributed by atoms with Gasteiger partial charge in [-0.1, -0.05) is 89.4 Å². The molecule has 0 saturated carbocycles. The molecule has 0 amide bonds. The van der Waals surface area contributed by atoms with Crippen molar-refractivity contribution in [3.05, 3.63) is 84.7 Å². The van der Waals surface area contributed by atoms with Gasteiger partial charge in [-0.3, -0.25) is 4.57 Å². The molecule has 0 saturated heterocycles. The minimum absolute atomic E-state index is 0.851. The Balaban J connectivity index is 1.81. The lowest BCUT2D eigenvalue weighted by atomic mass is 9.60. The van der Waals surface area contributed by atoms with Gasteiger partial charge in [0.15, 0.2) is 0 Å². The molecule has 1 heterocycles. The monoisotopic (exact) mass is 570 g/mol. The van der Waals surface area contributed by atoms with Gasteiger partial charge >= 0.3 is 0 Å². The summed E-state index contributed by atoms with van der Waals surface area (Å²) in [6, 6.07) is 28.6. The first-order chi connectivity index (χ1) is 21.6. The van der Waals surface area contributed by atoms with Crippen LogP contribution in [0.25, 0.3) is 60.5 Å². The molecule has 10 heteroatoms. The Morgan fingerprint density at radius 3 is 1.58 bits per heavy atom. The molecular formula is C35H34B8N2. The molecule has 208 valence electrons. The first-order valence-electron chi connectivity index (χ1n) is 16.2. The molecule has 0 fully saturated rings. The molecule has 0 aliphatic heterocycles. The summed E-state index contributed by atoms with van der Waals surface area (Å²) in [5.74, 6) is 1.10. The van der Waals surface area contributed by atoms with E-state index >= 15 is 0 Å². The van der Waals surface area contributed by atoms with Crippen molar-refractivity contribution in [1.29, 1.82) is 0 Å². The van der Waals surface area contributed by atoms with Crippen LogP contribution in [-0.4, -0.2) is 72.3 Å². The number of benzene rings is 6. The minimum Gasteiger partial charge on any atom is -0.295 e. The maximum Gasteiger partial charge on any atom is 0.139 e. The van der Waals surface area contributed by atoms with Crippen molar-refractivity contribution in [2.24, 2.45) is 0 Å². The molecule has 0 N–H and O–H groups in total. The number of hydrogen-bond acceptors (Lipinski definition) is 1. The van der Waals surface area contributed by atoms with Crippen LogP contribution in [-0.2, 0) is 6.42 Å². The van der Waals surface area contributed by atoms with Crippen molar-refractivity contribution >= 4 is 139 Å². The van der Waals surface area contributed by atoms with Crippen LogP contribution in [0, 0.1) is 0 Å². The summed E-state index contributed by atoms with van der Waals surface area (Å²) in [6.07, 6.45) is 0.851. The molecule has 0 spiro atoms. The van der Waals surface area contributed by atoms with Crippen molar-refractivity contribution in [2.75, 3.05) is 0 Å². The first kappa shape index (κ1) is 29.5. The lowest BCUT2D eigenvalue weighted by Gasteiger charge is -2.29. The third-order valence-corrected chi connectivity index (χ3v) is 10.8. The van der Waals surface area contributed by atoms with E-state index in [1.54, 1.807) is 0 Å². The molecule has 0 aliphatic carbocycles. The molecule has 0 atom stereocenters. The Labute approximate surface area is 273 Å². The molecule has 7 rings (SSSR count). The number of para-hydroxylation sites is 2. The molecular weight excluding hydrogens is 535 g/mol. The summed E-state index contributed by atoms with van der Waals surface area (Å²) in [4.78, 5) is 5.19. The summed E-state index contributed by atoms with van der Waals surface area (Å²) in [7, 11) is 18.5. The standard InChI is InChI=1S/C35H34B8N2/c1-2-21-44-19-13-6-7-14-20(19)45(21)35-25-23(27(36)31(40)33(42)29(25)38)22(24-26(35)30(39)34(43)32(41)28(24)37)18-12-8-11-17(15-18)16-9-4-3-5-10-16/h3-15H,2,36-43H2,1H3. The van der Waals surface area contributed by atoms with Gasteiger partial charge in [0.1, 0.15) is 68.6 Å². The van der Waals surface area contributed by atoms with Gasteiger partial charge in [0.05, 0.1) is 16.7 Å². The number of imidazole rings is 1. The fourth-order valence-electron chi connectivity index (χ4n) is 7.65. The Kier molecular flexibility index (Phi) is 7.23. The summed E-state index contributed by atoms with van der Waals surface area (Å²) < 4.78 is 2.49. The van der Waals surface area contributed by atoms with Crippen molar-refractivity contribution in [1.82, 2.24) is 9.55 Å². The van der Waals surface area contributed by atoms with Gasteiger partial charge in [-0.2, -0.15) is 0 Å². The molecule has 0 aliphatic rings. The van der Waals surface area contributed by atoms with E-state index in [-0.39, 0.29) is 0 Å². The summed E-state index contributed by atoms with van der Waals surface area (Å²) in [5.41, 5.74) is 19.5. The zero-order valence-electron chi connectivity index (χ0n) is 28.1. The van der Waals surface area contributed by atoms with Gasteiger partial charge in [-0.05, 0) is 62.0 Å². The highest BCUT2D eigenvalue weighted by atomic mass is 15.1. The summed E-state index contributed by atoms with van der Waals surface area (Å²) in [5, 5.41) is 5.39. The van der Waals surface area contributed by atoms with Crippen molar-refractivity contribution in [3.8, 4) is 27.9 Å². The predicted octanol–water partition coefficient (Wildman–Crippen LogP) is -4.70. The zero-order valence-corrected chi connectivity index (χ0v) is 28.1. The Morgan fingerprint density at radius 1 is 0.511 bits per heavy atom. The van der Waals surface area contributed by atoms with E-state index in [4.69, 9.17) is 4.98 Å². The lowest BCUT2D eigenvalue weighted by Crippen LogP contribution is -2.50. The normalized spacial score (nSPS) is 11.6. The van der Waals surface area contributed by atoms with Crippen molar-refractivity contribution in [3.63, 3.8) is 0 Å². The third kappa shape index (κ3) is 4.32. The molecule has 45 heavy (non-hydrogen) atoms. The first-order valence-corrected chi connectivity index (χ1v) is 16.2. The number of rotatable bonds is 4. The van der Waals surface area contributed by atoms with Crippen LogP contribution >= 0.6 is 0 Å². The smallest absolute Gasteiger partial charge is 0.139 e. The minimum atomic E-state index is 0.851. The highest BCUT2D eigenvalue weighted by Crippen LogP contribution is 2.40. The van der Waals surface area contributed by atoms with Crippen LogP contribution in [0.2, 0.25) is 0 Å². The fourth-order valence-corrected chi connectivity index (χ4v) is 7.65. The second-order valence-corrected chi connectivity index (χ2v) is 12.9. The Hall–Kier alpha value is -4.17. The maximum absolute atomic E-state index is 5.19. The molecule has 6 aromatic carbocycles. The molecule has 0 bridgehead atoms. The summed E-state index contributed by atoms with van der Waals surface area (Å²) in [6.45, 7) is 2.23. The Morgan fingerprint density at radius 2 is 1.00 bits per heavy atom. The van der Waals surface area contributed by atoms with Crippen LogP contribution in [0.3, 0.4) is 0 Å². The average molecular weight is 569 g/mol. The van der Waals surface area contributed by atoms with Gasteiger partial charge in [0.2, 0.25) is 0 Å². The predicted molar refractivity (Wildman–Crippen MR) is 222 cm³/mol. The van der Waals surface area contributed by atoms with Gasteiger partial charge in [-0.25, -0.2) is 4.98 Å². The molecule has 0 radical (unpaired) electrons. The van der Waals surface area contributed by atoms with E-state index in [1.165, 1.54) is 98.7 Å². The van der Waals surface area contributed by atoms with E-state index in [2.05, 4.69) is 153 Å². The SMILES string of the molecule is Bc1c(B)c(B)c2c(-n3c(CC)nc4ccccc43)c3c(B)c(B)c(B)c(B)c3c(-c3cccc(-c4ccccc4)c3)c2c1B. The fraction of sp³-hybridized carbons (Fsp3) is 0.0571. The van der Waals surface area contributed by atoms with E-state index in [0.717, 1.165) is 17.8 Å². The van der Waals surface area contributed by atoms with Gasteiger partial charge in [0.25, 0.3) is 0 Å². The van der Waals surface area contributed by atoms with Gasteiger partial charge < -0.3 is 0 Å². The van der Waals surface area contributed by atoms with Crippen LogP contribution < -0.4 is 43.7 Å². The second-order valence-electron chi connectivity index (χ2n) is 12.9. The zero-order chi connectivity index (χ0) is 31.7. The van der Waals surface area contributed by atoms with Crippen LogP contribution in [0.15, 0.2) is 78.9 Å². The van der Waals surface area contributed by atoms with E-state index in [9.17, 15) is 0 Å². The quantitative estimate of drug-likeness (QED) is 0.154. The van der Waals surface area contributed by atoms with Crippen LogP contribution in [0.5, 0.6) is 0 Å².